The first kappa shape index (κ1) is 15.2. The summed E-state index contributed by atoms with van der Waals surface area (Å²) in [7, 11) is 0. The Labute approximate surface area is 118 Å². The van der Waals surface area contributed by atoms with Crippen LogP contribution in [0.2, 0.25) is 0 Å². The Morgan fingerprint density at radius 1 is 1.22 bits per heavy atom. The van der Waals surface area contributed by atoms with Gasteiger partial charge in [0.1, 0.15) is 18.2 Å². The van der Waals surface area contributed by atoms with E-state index >= 15 is 0 Å². The van der Waals surface area contributed by atoms with Crippen molar-refractivity contribution in [3.05, 3.63) is 41.5 Å². The molecule has 0 unspecified atom stereocenters. The minimum absolute atomic E-state index is 0.0507. The molecule has 0 spiro atoms. The summed E-state index contributed by atoms with van der Waals surface area (Å²) in [4.78, 5) is 0. The van der Waals surface area contributed by atoms with E-state index in [9.17, 15) is 8.78 Å². The molecule has 0 bridgehead atoms. The van der Waals surface area contributed by atoms with Crippen LogP contribution < -0.4 is 0 Å². The van der Waals surface area contributed by atoms with Crippen molar-refractivity contribution in [2.75, 3.05) is 6.61 Å². The van der Waals surface area contributed by atoms with Crippen molar-refractivity contribution < 1.29 is 13.5 Å². The largest absolute Gasteiger partial charge is 0.474 e. The molecule has 0 fully saturated rings. The van der Waals surface area contributed by atoms with Gasteiger partial charge in [0, 0.05) is 6.07 Å². The summed E-state index contributed by atoms with van der Waals surface area (Å²) in [6.07, 6.45) is 2.87. The van der Waals surface area contributed by atoms with E-state index in [0.29, 0.717) is 5.56 Å². The molecule has 1 aromatic rings. The fourth-order valence-corrected chi connectivity index (χ4v) is 1.23. The maximum absolute atomic E-state index is 12.8. The Morgan fingerprint density at radius 3 is 2.28 bits per heavy atom. The Balaban J connectivity index is 2.53. The third kappa shape index (κ3) is 5.21. The Kier molecular flexibility index (Phi) is 5.38. The SMILES string of the molecule is N=C(OCC=Cc1cc(F)cc(F)c1)C(Cl)(Cl)Cl. The number of rotatable bonds is 3. The molecule has 0 aliphatic rings. The third-order valence-electron chi connectivity index (χ3n) is 1.78. The molecule has 18 heavy (non-hydrogen) atoms. The summed E-state index contributed by atoms with van der Waals surface area (Å²) in [6.45, 7) is -0.0507. The van der Waals surface area contributed by atoms with E-state index in [1.807, 2.05) is 0 Å². The van der Waals surface area contributed by atoms with Gasteiger partial charge in [0.15, 0.2) is 0 Å². The van der Waals surface area contributed by atoms with Crippen molar-refractivity contribution in [1.82, 2.24) is 0 Å². The van der Waals surface area contributed by atoms with Crippen LogP contribution in [-0.4, -0.2) is 16.3 Å². The predicted octanol–water partition coefficient (Wildman–Crippen LogP) is 4.34. The lowest BCUT2D eigenvalue weighted by molar-refractivity contribution is 0.341. The van der Waals surface area contributed by atoms with E-state index in [0.717, 1.165) is 18.2 Å². The Bertz CT molecular complexity index is 452. The van der Waals surface area contributed by atoms with Gasteiger partial charge in [-0.2, -0.15) is 0 Å². The van der Waals surface area contributed by atoms with Crippen molar-refractivity contribution >= 4 is 46.8 Å². The van der Waals surface area contributed by atoms with Crippen LogP contribution in [0, 0.1) is 17.0 Å². The Hall–Kier alpha value is -0.840. The quantitative estimate of drug-likeness (QED) is 0.502. The molecule has 0 radical (unpaired) electrons. The molecular formula is C11H8Cl3F2NO. The smallest absolute Gasteiger partial charge is 0.265 e. The number of nitrogens with one attached hydrogen (secondary N) is 1. The standard InChI is InChI=1S/C11H8Cl3F2NO/c12-11(13,14)10(17)18-3-1-2-7-4-8(15)6-9(16)5-7/h1-2,4-6,17H,3H2. The van der Waals surface area contributed by atoms with Crippen LogP contribution in [0.4, 0.5) is 8.78 Å². The summed E-state index contributed by atoms with van der Waals surface area (Å²) in [5.74, 6) is -1.88. The van der Waals surface area contributed by atoms with Crippen LogP contribution in [0.25, 0.3) is 6.08 Å². The van der Waals surface area contributed by atoms with E-state index in [1.54, 1.807) is 0 Å². The summed E-state index contributed by atoms with van der Waals surface area (Å²) in [5, 5.41) is 7.22. The van der Waals surface area contributed by atoms with E-state index < -0.39 is 21.3 Å². The Morgan fingerprint density at radius 2 is 1.78 bits per heavy atom. The van der Waals surface area contributed by atoms with Gasteiger partial charge in [-0.15, -0.1) is 0 Å². The minimum atomic E-state index is -1.92. The molecule has 2 nitrogen and oxygen atoms in total. The first-order valence-electron chi connectivity index (χ1n) is 4.70. The molecular weight excluding hydrogens is 306 g/mol. The molecule has 1 N–H and O–H groups in total. The normalized spacial score (nSPS) is 11.8. The first-order valence-corrected chi connectivity index (χ1v) is 5.83. The van der Waals surface area contributed by atoms with Crippen molar-refractivity contribution in [2.45, 2.75) is 3.79 Å². The highest BCUT2D eigenvalue weighted by Crippen LogP contribution is 2.27. The second kappa shape index (κ2) is 6.36. The molecule has 0 amide bonds. The summed E-state index contributed by atoms with van der Waals surface area (Å²) >= 11 is 16.1. The summed E-state index contributed by atoms with van der Waals surface area (Å²) in [6, 6.07) is 3.08. The molecule has 0 aromatic heterocycles. The molecule has 98 valence electrons. The highest BCUT2D eigenvalue weighted by Gasteiger charge is 2.28. The maximum atomic E-state index is 12.8. The van der Waals surface area contributed by atoms with Crippen LogP contribution in [0.1, 0.15) is 5.56 Å². The fourth-order valence-electron chi connectivity index (χ4n) is 1.07. The fraction of sp³-hybridized carbons (Fsp3) is 0.182. The molecule has 0 saturated carbocycles. The second-order valence-corrected chi connectivity index (χ2v) is 5.52. The molecule has 7 heteroatoms. The van der Waals surface area contributed by atoms with Gasteiger partial charge in [0.05, 0.1) is 0 Å². The average molecular weight is 315 g/mol. The number of ether oxygens (including phenoxy) is 1. The first-order chi connectivity index (χ1) is 8.29. The molecule has 0 aliphatic heterocycles. The van der Waals surface area contributed by atoms with Crippen molar-refractivity contribution in [1.29, 1.82) is 5.41 Å². The van der Waals surface area contributed by atoms with E-state index in [-0.39, 0.29) is 6.61 Å². The van der Waals surface area contributed by atoms with E-state index in [2.05, 4.69) is 0 Å². The number of alkyl halides is 3. The van der Waals surface area contributed by atoms with Gasteiger partial charge in [0.25, 0.3) is 3.79 Å². The van der Waals surface area contributed by atoms with Crippen LogP contribution >= 0.6 is 34.8 Å². The second-order valence-electron chi connectivity index (χ2n) is 3.24. The molecule has 1 aromatic carbocycles. The monoisotopic (exact) mass is 313 g/mol. The van der Waals surface area contributed by atoms with Gasteiger partial charge in [-0.3, -0.25) is 5.41 Å². The zero-order valence-electron chi connectivity index (χ0n) is 8.89. The third-order valence-corrected chi connectivity index (χ3v) is 2.29. The van der Waals surface area contributed by atoms with Gasteiger partial charge >= 0.3 is 0 Å². The van der Waals surface area contributed by atoms with Gasteiger partial charge in [-0.1, -0.05) is 40.9 Å². The zero-order valence-corrected chi connectivity index (χ0v) is 11.2. The lowest BCUT2D eigenvalue weighted by atomic mass is 10.2. The van der Waals surface area contributed by atoms with Crippen LogP contribution in [0.3, 0.4) is 0 Å². The van der Waals surface area contributed by atoms with Gasteiger partial charge < -0.3 is 4.74 Å². The lowest BCUT2D eigenvalue weighted by Crippen LogP contribution is -2.21. The van der Waals surface area contributed by atoms with Gasteiger partial charge in [-0.05, 0) is 23.8 Å². The highest BCUT2D eigenvalue weighted by atomic mass is 35.6. The highest BCUT2D eigenvalue weighted by molar-refractivity contribution is 6.76. The van der Waals surface area contributed by atoms with Crippen molar-refractivity contribution in [2.24, 2.45) is 0 Å². The van der Waals surface area contributed by atoms with E-state index in [1.165, 1.54) is 12.2 Å². The number of benzene rings is 1. The van der Waals surface area contributed by atoms with Crippen molar-refractivity contribution in [3.63, 3.8) is 0 Å². The molecule has 0 saturated heterocycles. The maximum Gasteiger partial charge on any atom is 0.265 e. The summed E-state index contributed by atoms with van der Waals surface area (Å²) in [5.41, 5.74) is 0.330. The topological polar surface area (TPSA) is 33.1 Å². The van der Waals surface area contributed by atoms with Gasteiger partial charge in [0.2, 0.25) is 5.90 Å². The minimum Gasteiger partial charge on any atom is -0.474 e. The van der Waals surface area contributed by atoms with E-state index in [4.69, 9.17) is 44.9 Å². The van der Waals surface area contributed by atoms with Crippen molar-refractivity contribution in [3.8, 4) is 0 Å². The van der Waals surface area contributed by atoms with Crippen LogP contribution in [0.5, 0.6) is 0 Å². The lowest BCUT2D eigenvalue weighted by Gasteiger charge is -2.11. The molecule has 1 rings (SSSR count). The molecule has 0 heterocycles. The number of hydrogen-bond acceptors (Lipinski definition) is 2. The van der Waals surface area contributed by atoms with Crippen LogP contribution in [0.15, 0.2) is 24.3 Å². The average Bonchev–Trinajstić information content (AvgIpc) is 2.21. The molecule has 0 atom stereocenters. The van der Waals surface area contributed by atoms with Gasteiger partial charge in [-0.25, -0.2) is 8.78 Å². The number of hydrogen-bond donors (Lipinski definition) is 1. The van der Waals surface area contributed by atoms with Crippen LogP contribution in [-0.2, 0) is 4.74 Å². The zero-order chi connectivity index (χ0) is 13.8. The molecule has 0 aliphatic carbocycles. The predicted molar refractivity (Wildman–Crippen MR) is 69.4 cm³/mol. The summed E-state index contributed by atoms with van der Waals surface area (Å²) < 4.78 is 28.5. The number of halogens is 5.